The molecule has 0 spiro atoms. The van der Waals surface area contributed by atoms with Gasteiger partial charge in [-0.2, -0.15) is 0 Å². The van der Waals surface area contributed by atoms with Crippen LogP contribution < -0.4 is 5.32 Å². The lowest BCUT2D eigenvalue weighted by Crippen LogP contribution is -2.60. The van der Waals surface area contributed by atoms with Crippen LogP contribution in [0.3, 0.4) is 0 Å². The van der Waals surface area contributed by atoms with Gasteiger partial charge in [-0.3, -0.25) is 4.79 Å². The number of rotatable bonds is 36. The fourth-order valence-corrected chi connectivity index (χ4v) is 6.61. The Hall–Kier alpha value is -2.37. The first-order valence-electron chi connectivity index (χ1n) is 22.7. The Balaban J connectivity index is 2.43. The van der Waals surface area contributed by atoms with Crippen LogP contribution in [-0.2, 0) is 14.3 Å². The summed E-state index contributed by atoms with van der Waals surface area (Å²) in [6.07, 6.45) is 43.7. The van der Waals surface area contributed by atoms with Crippen molar-refractivity contribution in [2.45, 2.75) is 211 Å². The van der Waals surface area contributed by atoms with Crippen molar-refractivity contribution in [3.05, 3.63) is 72.9 Å². The molecule has 1 fully saturated rings. The number of hydrogen-bond acceptors (Lipinski definition) is 8. The fourth-order valence-electron chi connectivity index (χ4n) is 6.61. The van der Waals surface area contributed by atoms with E-state index >= 15 is 0 Å². The van der Waals surface area contributed by atoms with E-state index in [9.17, 15) is 30.3 Å². The van der Waals surface area contributed by atoms with Crippen molar-refractivity contribution in [1.29, 1.82) is 0 Å². The SMILES string of the molecule is CC/C=C\C/C=C\C/C=C\CCCCCCCC(=O)NC(COC1OC(CO)C(O)C(O)C1O)C(O)/C=C/CC/C=C/CC/C=C/CCCCCCCCCCC. The summed E-state index contributed by atoms with van der Waals surface area (Å²) in [5, 5.41) is 54.1. The van der Waals surface area contributed by atoms with Crippen LogP contribution in [0.2, 0.25) is 0 Å². The van der Waals surface area contributed by atoms with Gasteiger partial charge in [0.1, 0.15) is 24.4 Å². The molecule has 9 nitrogen and oxygen atoms in total. The van der Waals surface area contributed by atoms with Crippen LogP contribution in [0.25, 0.3) is 0 Å². The van der Waals surface area contributed by atoms with E-state index in [2.05, 4.69) is 79.9 Å². The molecule has 0 radical (unpaired) electrons. The zero-order valence-electron chi connectivity index (χ0n) is 35.8. The van der Waals surface area contributed by atoms with Crippen LogP contribution in [-0.4, -0.2) is 87.5 Å². The third kappa shape index (κ3) is 28.7. The van der Waals surface area contributed by atoms with Crippen LogP contribution in [0.1, 0.15) is 168 Å². The van der Waals surface area contributed by atoms with E-state index in [0.717, 1.165) is 89.9 Å². The molecule has 1 rings (SSSR count). The van der Waals surface area contributed by atoms with E-state index < -0.39 is 49.5 Å². The van der Waals surface area contributed by atoms with Crippen molar-refractivity contribution in [1.82, 2.24) is 5.32 Å². The Bertz CT molecular complexity index is 1120. The molecule has 7 unspecified atom stereocenters. The number of nitrogens with one attached hydrogen (secondary N) is 1. The van der Waals surface area contributed by atoms with Crippen LogP contribution in [0.4, 0.5) is 0 Å². The maximum atomic E-state index is 12.9. The Morgan fingerprint density at radius 1 is 0.614 bits per heavy atom. The van der Waals surface area contributed by atoms with Gasteiger partial charge in [0, 0.05) is 6.42 Å². The van der Waals surface area contributed by atoms with Gasteiger partial charge < -0.3 is 40.3 Å². The van der Waals surface area contributed by atoms with Crippen LogP contribution >= 0.6 is 0 Å². The molecular formula is C48H83NO8. The fraction of sp³-hybridized carbons (Fsp3) is 0.729. The van der Waals surface area contributed by atoms with Gasteiger partial charge in [-0.1, -0.05) is 157 Å². The van der Waals surface area contributed by atoms with Crippen molar-refractivity contribution >= 4 is 5.91 Å². The number of hydrogen-bond donors (Lipinski definition) is 6. The molecule has 1 saturated heterocycles. The monoisotopic (exact) mass is 802 g/mol. The van der Waals surface area contributed by atoms with Crippen molar-refractivity contribution in [3.8, 4) is 0 Å². The second-order valence-corrected chi connectivity index (χ2v) is 15.4. The standard InChI is InChI=1S/C48H83NO8/c1-3-5-7-9-11-13-15-17-19-20-21-22-24-25-27-29-31-33-35-37-42(51)41(40-56-48-47(55)46(54)45(53)43(39-50)57-48)49-44(52)38-36-34-32-30-28-26-23-18-16-14-12-10-8-6-4-2/h6,8,12,14,18,21-23,27,29,35,37,41-43,45-48,50-51,53-55H,3-5,7,9-11,13,15-17,19-20,24-26,28,30-34,36,38-40H2,1-2H3,(H,49,52)/b8-6-,14-12-,22-21+,23-18-,29-27+,37-35+. The lowest BCUT2D eigenvalue weighted by molar-refractivity contribution is -0.302. The molecule has 0 aromatic heterocycles. The van der Waals surface area contributed by atoms with Gasteiger partial charge >= 0.3 is 0 Å². The number of carbonyl (C=O) groups excluding carboxylic acids is 1. The number of unbranched alkanes of at least 4 members (excludes halogenated alkanes) is 16. The highest BCUT2D eigenvalue weighted by Gasteiger charge is 2.44. The zero-order chi connectivity index (χ0) is 41.6. The van der Waals surface area contributed by atoms with Gasteiger partial charge in [-0.25, -0.2) is 0 Å². The smallest absolute Gasteiger partial charge is 0.220 e. The molecule has 0 aromatic carbocycles. The van der Waals surface area contributed by atoms with Gasteiger partial charge in [0.2, 0.25) is 5.91 Å². The molecule has 1 heterocycles. The average molecular weight is 802 g/mol. The maximum Gasteiger partial charge on any atom is 0.220 e. The molecule has 0 aromatic rings. The number of aliphatic hydroxyl groups is 5. The van der Waals surface area contributed by atoms with E-state index in [-0.39, 0.29) is 12.5 Å². The van der Waals surface area contributed by atoms with Gasteiger partial charge in [-0.05, 0) is 77.0 Å². The third-order valence-electron chi connectivity index (χ3n) is 10.2. The Kier molecular flexibility index (Phi) is 35.0. The predicted octanol–water partition coefficient (Wildman–Crippen LogP) is 9.39. The molecule has 1 aliphatic heterocycles. The zero-order valence-corrected chi connectivity index (χ0v) is 35.8. The molecule has 0 aliphatic carbocycles. The maximum absolute atomic E-state index is 12.9. The Morgan fingerprint density at radius 3 is 1.68 bits per heavy atom. The molecule has 0 bridgehead atoms. The first-order valence-corrected chi connectivity index (χ1v) is 22.7. The minimum atomic E-state index is -1.58. The number of allylic oxidation sites excluding steroid dienone is 11. The summed E-state index contributed by atoms with van der Waals surface area (Å²) in [5.41, 5.74) is 0. The summed E-state index contributed by atoms with van der Waals surface area (Å²) >= 11 is 0. The molecule has 328 valence electrons. The van der Waals surface area contributed by atoms with Crippen LogP contribution in [0.5, 0.6) is 0 Å². The second-order valence-electron chi connectivity index (χ2n) is 15.4. The van der Waals surface area contributed by atoms with Crippen molar-refractivity contribution in [2.75, 3.05) is 13.2 Å². The molecule has 1 aliphatic rings. The van der Waals surface area contributed by atoms with E-state index in [1.54, 1.807) is 6.08 Å². The van der Waals surface area contributed by atoms with Crippen molar-refractivity contribution in [2.24, 2.45) is 0 Å². The first kappa shape index (κ1) is 52.6. The minimum Gasteiger partial charge on any atom is -0.394 e. The molecule has 57 heavy (non-hydrogen) atoms. The third-order valence-corrected chi connectivity index (χ3v) is 10.2. The predicted molar refractivity (Wildman–Crippen MR) is 235 cm³/mol. The average Bonchev–Trinajstić information content (AvgIpc) is 3.21. The summed E-state index contributed by atoms with van der Waals surface area (Å²) < 4.78 is 11.2. The quantitative estimate of drug-likeness (QED) is 0.0271. The largest absolute Gasteiger partial charge is 0.394 e. The van der Waals surface area contributed by atoms with Crippen molar-refractivity contribution in [3.63, 3.8) is 0 Å². The van der Waals surface area contributed by atoms with Crippen molar-refractivity contribution < 1.29 is 39.8 Å². The van der Waals surface area contributed by atoms with E-state index in [0.29, 0.717) is 6.42 Å². The second kappa shape index (κ2) is 37.9. The number of amides is 1. The summed E-state index contributed by atoms with van der Waals surface area (Å²) in [4.78, 5) is 12.9. The highest BCUT2D eigenvalue weighted by molar-refractivity contribution is 5.76. The number of carbonyl (C=O) groups is 1. The number of ether oxygens (including phenoxy) is 2. The Labute approximate surface area is 347 Å². The van der Waals surface area contributed by atoms with Gasteiger partial charge in [0.15, 0.2) is 6.29 Å². The summed E-state index contributed by atoms with van der Waals surface area (Å²) in [7, 11) is 0. The Morgan fingerprint density at radius 2 is 1.11 bits per heavy atom. The molecule has 7 atom stereocenters. The molecular weight excluding hydrogens is 719 g/mol. The van der Waals surface area contributed by atoms with Crippen LogP contribution in [0, 0.1) is 0 Å². The highest BCUT2D eigenvalue weighted by atomic mass is 16.7. The summed E-state index contributed by atoms with van der Waals surface area (Å²) in [6, 6.07) is -0.839. The summed E-state index contributed by atoms with van der Waals surface area (Å²) in [6.45, 7) is 3.61. The molecule has 0 saturated carbocycles. The summed E-state index contributed by atoms with van der Waals surface area (Å²) in [5.74, 6) is -0.212. The van der Waals surface area contributed by atoms with E-state index in [4.69, 9.17) is 9.47 Å². The lowest BCUT2D eigenvalue weighted by atomic mass is 9.99. The molecule has 1 amide bonds. The highest BCUT2D eigenvalue weighted by Crippen LogP contribution is 2.22. The number of aliphatic hydroxyl groups excluding tert-OH is 5. The molecule has 9 heteroatoms. The topological polar surface area (TPSA) is 149 Å². The lowest BCUT2D eigenvalue weighted by Gasteiger charge is -2.40. The van der Waals surface area contributed by atoms with Crippen LogP contribution in [0.15, 0.2) is 72.9 Å². The van der Waals surface area contributed by atoms with Gasteiger partial charge in [-0.15, -0.1) is 0 Å². The van der Waals surface area contributed by atoms with Gasteiger partial charge in [0.25, 0.3) is 0 Å². The van der Waals surface area contributed by atoms with E-state index in [1.165, 1.54) is 57.8 Å². The minimum absolute atomic E-state index is 0.212. The van der Waals surface area contributed by atoms with E-state index in [1.807, 2.05) is 6.08 Å². The normalized spacial score (nSPS) is 21.7. The first-order chi connectivity index (χ1) is 27.8. The van der Waals surface area contributed by atoms with Gasteiger partial charge in [0.05, 0.1) is 25.4 Å². The molecule has 6 N–H and O–H groups in total.